The summed E-state index contributed by atoms with van der Waals surface area (Å²) >= 11 is 0. The fraction of sp³-hybridized carbons (Fsp3) is 0.250. The number of carbonyl (C=O) groups is 3. The van der Waals surface area contributed by atoms with Gasteiger partial charge in [-0.2, -0.15) is 0 Å². The molecule has 11 heteroatoms. The lowest BCUT2D eigenvalue weighted by atomic mass is 10.1. The molecule has 1 fully saturated rings. The van der Waals surface area contributed by atoms with Gasteiger partial charge in [0.1, 0.15) is 5.82 Å². The highest BCUT2D eigenvalue weighted by Gasteiger charge is 2.43. The highest BCUT2D eigenvalue weighted by Crippen LogP contribution is 2.22. The van der Waals surface area contributed by atoms with Gasteiger partial charge in [-0.15, -0.1) is 0 Å². The summed E-state index contributed by atoms with van der Waals surface area (Å²) in [4.78, 5) is 51.4. The highest BCUT2D eigenvalue weighted by atomic mass is 19.1. The smallest absolute Gasteiger partial charge is 0.269 e. The van der Waals surface area contributed by atoms with E-state index in [1.54, 1.807) is 0 Å². The standard InChI is InChI=1S/C20H20FN5O5/c21-15-3-1-2-14(12-15)20(29)25-11-10-24(18(25)17(27)23-9-8-22)19(28)13-4-6-16(7-5-13)26(30)31/h1-7,12,18H,8-11,22H2,(H,23,27). The summed E-state index contributed by atoms with van der Waals surface area (Å²) in [5.74, 6) is -2.39. The second-order valence-electron chi connectivity index (χ2n) is 6.76. The van der Waals surface area contributed by atoms with Crippen molar-refractivity contribution in [1.29, 1.82) is 0 Å². The molecule has 3 rings (SSSR count). The van der Waals surface area contributed by atoms with Crippen LogP contribution < -0.4 is 11.1 Å². The maximum absolute atomic E-state index is 13.6. The lowest BCUT2D eigenvalue weighted by molar-refractivity contribution is -0.384. The molecule has 10 nitrogen and oxygen atoms in total. The second kappa shape index (κ2) is 9.30. The Hall–Kier alpha value is -3.86. The Bertz CT molecular complexity index is 1010. The summed E-state index contributed by atoms with van der Waals surface area (Å²) in [7, 11) is 0. The van der Waals surface area contributed by atoms with E-state index in [2.05, 4.69) is 5.32 Å². The lowest BCUT2D eigenvalue weighted by Gasteiger charge is -2.29. The summed E-state index contributed by atoms with van der Waals surface area (Å²) in [5.41, 5.74) is 5.42. The van der Waals surface area contributed by atoms with E-state index in [1.807, 2.05) is 0 Å². The van der Waals surface area contributed by atoms with E-state index in [0.29, 0.717) is 0 Å². The van der Waals surface area contributed by atoms with Gasteiger partial charge in [0.2, 0.25) is 0 Å². The van der Waals surface area contributed by atoms with Gasteiger partial charge in [0.05, 0.1) is 4.92 Å². The number of nitrogens with zero attached hydrogens (tertiary/aromatic N) is 3. The van der Waals surface area contributed by atoms with E-state index in [-0.39, 0.29) is 43.0 Å². The molecule has 3 amide bonds. The molecule has 1 aliphatic rings. The molecule has 0 bridgehead atoms. The number of rotatable bonds is 6. The zero-order chi connectivity index (χ0) is 22.5. The van der Waals surface area contributed by atoms with Crippen LogP contribution in [0.1, 0.15) is 20.7 Å². The van der Waals surface area contributed by atoms with Crippen LogP contribution in [0.4, 0.5) is 10.1 Å². The van der Waals surface area contributed by atoms with E-state index in [4.69, 9.17) is 5.73 Å². The Kier molecular flexibility index (Phi) is 6.55. The number of halogens is 1. The first kappa shape index (κ1) is 21.8. The summed E-state index contributed by atoms with van der Waals surface area (Å²) in [5, 5.41) is 13.4. The third-order valence-corrected chi connectivity index (χ3v) is 4.77. The third kappa shape index (κ3) is 4.67. The van der Waals surface area contributed by atoms with E-state index in [0.717, 1.165) is 6.07 Å². The van der Waals surface area contributed by atoms with Crippen molar-refractivity contribution >= 4 is 23.4 Å². The minimum absolute atomic E-state index is 0.0428. The zero-order valence-electron chi connectivity index (χ0n) is 16.4. The van der Waals surface area contributed by atoms with Crippen molar-refractivity contribution < 1.29 is 23.7 Å². The molecule has 31 heavy (non-hydrogen) atoms. The molecule has 1 aliphatic heterocycles. The monoisotopic (exact) mass is 429 g/mol. The van der Waals surface area contributed by atoms with Crippen LogP contribution in [0.25, 0.3) is 0 Å². The van der Waals surface area contributed by atoms with E-state index < -0.39 is 34.6 Å². The van der Waals surface area contributed by atoms with Gasteiger partial charge in [0, 0.05) is 49.4 Å². The maximum Gasteiger partial charge on any atom is 0.269 e. The maximum atomic E-state index is 13.6. The fourth-order valence-corrected chi connectivity index (χ4v) is 3.30. The van der Waals surface area contributed by atoms with Crippen molar-refractivity contribution in [3.05, 3.63) is 75.6 Å². The first-order valence-corrected chi connectivity index (χ1v) is 9.43. The fourth-order valence-electron chi connectivity index (χ4n) is 3.30. The van der Waals surface area contributed by atoms with Gasteiger partial charge in [-0.1, -0.05) is 6.07 Å². The SMILES string of the molecule is NCCNC(=O)C1N(C(=O)c2ccc([N+](=O)[O-])cc2)CCN1C(=O)c1cccc(F)c1. The van der Waals surface area contributed by atoms with Gasteiger partial charge in [0.25, 0.3) is 23.4 Å². The van der Waals surface area contributed by atoms with Crippen LogP contribution in [0.5, 0.6) is 0 Å². The van der Waals surface area contributed by atoms with Crippen LogP contribution in [-0.2, 0) is 4.79 Å². The quantitative estimate of drug-likeness (QED) is 0.513. The van der Waals surface area contributed by atoms with Crippen molar-refractivity contribution in [1.82, 2.24) is 15.1 Å². The van der Waals surface area contributed by atoms with Crippen LogP contribution in [0.3, 0.4) is 0 Å². The molecule has 0 aromatic heterocycles. The Morgan fingerprint density at radius 1 is 1.06 bits per heavy atom. The molecule has 0 radical (unpaired) electrons. The zero-order valence-corrected chi connectivity index (χ0v) is 16.4. The van der Waals surface area contributed by atoms with Gasteiger partial charge in [-0.05, 0) is 30.3 Å². The molecular formula is C20H20FN5O5. The highest BCUT2D eigenvalue weighted by molar-refractivity contribution is 6.02. The first-order valence-electron chi connectivity index (χ1n) is 9.43. The normalized spacial score (nSPS) is 15.6. The molecule has 3 N–H and O–H groups in total. The molecule has 1 heterocycles. The number of carbonyl (C=O) groups excluding carboxylic acids is 3. The van der Waals surface area contributed by atoms with Gasteiger partial charge < -0.3 is 20.9 Å². The Morgan fingerprint density at radius 2 is 1.68 bits per heavy atom. The Balaban J connectivity index is 1.90. The summed E-state index contributed by atoms with van der Waals surface area (Å²) < 4.78 is 13.6. The van der Waals surface area contributed by atoms with Crippen molar-refractivity contribution in [2.45, 2.75) is 6.17 Å². The third-order valence-electron chi connectivity index (χ3n) is 4.77. The van der Waals surface area contributed by atoms with Crippen molar-refractivity contribution in [3.63, 3.8) is 0 Å². The number of non-ortho nitro benzene ring substituents is 1. The predicted molar refractivity (Wildman–Crippen MR) is 107 cm³/mol. The Labute approximate surface area is 176 Å². The van der Waals surface area contributed by atoms with Crippen molar-refractivity contribution in [2.75, 3.05) is 26.2 Å². The molecule has 162 valence electrons. The van der Waals surface area contributed by atoms with Crippen LogP contribution in [0.15, 0.2) is 48.5 Å². The lowest BCUT2D eigenvalue weighted by Crippen LogP contribution is -2.54. The van der Waals surface area contributed by atoms with Gasteiger partial charge in [-0.3, -0.25) is 24.5 Å². The van der Waals surface area contributed by atoms with Gasteiger partial charge in [-0.25, -0.2) is 4.39 Å². The van der Waals surface area contributed by atoms with E-state index in [9.17, 15) is 28.9 Å². The molecule has 2 aromatic carbocycles. The van der Waals surface area contributed by atoms with Gasteiger partial charge in [0.15, 0.2) is 6.17 Å². The summed E-state index contributed by atoms with van der Waals surface area (Å²) in [6, 6.07) is 9.97. The molecule has 0 saturated carbocycles. The molecule has 2 aromatic rings. The average Bonchev–Trinajstić information content (AvgIpc) is 3.21. The van der Waals surface area contributed by atoms with Crippen molar-refractivity contribution in [3.8, 4) is 0 Å². The molecule has 1 saturated heterocycles. The van der Waals surface area contributed by atoms with Crippen LogP contribution in [-0.4, -0.2) is 64.8 Å². The topological polar surface area (TPSA) is 139 Å². The number of amides is 3. The van der Waals surface area contributed by atoms with Crippen LogP contribution >= 0.6 is 0 Å². The van der Waals surface area contributed by atoms with Gasteiger partial charge >= 0.3 is 0 Å². The molecule has 1 unspecified atom stereocenters. The summed E-state index contributed by atoms with van der Waals surface area (Å²) in [6.07, 6.45) is -1.27. The number of hydrogen-bond acceptors (Lipinski definition) is 6. The average molecular weight is 429 g/mol. The van der Waals surface area contributed by atoms with Crippen molar-refractivity contribution in [2.24, 2.45) is 5.73 Å². The van der Waals surface area contributed by atoms with E-state index in [1.165, 1.54) is 52.3 Å². The number of nitro groups is 1. The summed E-state index contributed by atoms with van der Waals surface area (Å²) in [6.45, 7) is 0.399. The van der Waals surface area contributed by atoms with E-state index >= 15 is 0 Å². The minimum Gasteiger partial charge on any atom is -0.351 e. The largest absolute Gasteiger partial charge is 0.351 e. The number of nitrogens with two attached hydrogens (primary N) is 1. The predicted octanol–water partition coefficient (Wildman–Crippen LogP) is 0.733. The second-order valence-corrected chi connectivity index (χ2v) is 6.76. The molecular weight excluding hydrogens is 409 g/mol. The number of nitro benzene ring substituents is 1. The number of hydrogen-bond donors (Lipinski definition) is 2. The molecule has 0 aliphatic carbocycles. The number of benzene rings is 2. The minimum atomic E-state index is -1.27. The molecule has 0 spiro atoms. The van der Waals surface area contributed by atoms with Crippen LogP contribution in [0.2, 0.25) is 0 Å². The Morgan fingerprint density at radius 3 is 2.23 bits per heavy atom. The van der Waals surface area contributed by atoms with Crippen LogP contribution in [0, 0.1) is 15.9 Å². The molecule has 1 atom stereocenters. The number of nitrogens with one attached hydrogen (secondary N) is 1. The first-order chi connectivity index (χ1) is 14.8.